The Labute approximate surface area is 123 Å². The van der Waals surface area contributed by atoms with Gasteiger partial charge in [0.25, 0.3) is 0 Å². The lowest BCUT2D eigenvalue weighted by molar-refractivity contribution is -0.00257. The molecule has 1 N–H and O–H groups in total. The second kappa shape index (κ2) is 7.52. The highest BCUT2D eigenvalue weighted by molar-refractivity contribution is 7.16. The predicted octanol–water partition coefficient (Wildman–Crippen LogP) is 3.06. The van der Waals surface area contributed by atoms with Crippen LogP contribution in [0.25, 0.3) is 10.2 Å². The van der Waals surface area contributed by atoms with Crippen LogP contribution >= 0.6 is 11.3 Å². The molecule has 0 aliphatic carbocycles. The van der Waals surface area contributed by atoms with Crippen molar-refractivity contribution in [3.8, 4) is 0 Å². The molecule has 2 heterocycles. The summed E-state index contributed by atoms with van der Waals surface area (Å²) >= 11 is 1.62. The van der Waals surface area contributed by atoms with E-state index in [-0.39, 0.29) is 6.10 Å². The molecule has 5 nitrogen and oxygen atoms in total. The SMILES string of the molecule is CCCNc1nc(COC(C)COC)nc2sccc12. The second-order valence-corrected chi connectivity index (χ2v) is 5.53. The number of anilines is 1. The summed E-state index contributed by atoms with van der Waals surface area (Å²) in [4.78, 5) is 10.1. The van der Waals surface area contributed by atoms with Crippen molar-refractivity contribution in [1.29, 1.82) is 0 Å². The minimum absolute atomic E-state index is 0.0367. The highest BCUT2D eigenvalue weighted by Gasteiger charge is 2.10. The first-order chi connectivity index (χ1) is 9.74. The van der Waals surface area contributed by atoms with E-state index < -0.39 is 0 Å². The van der Waals surface area contributed by atoms with Gasteiger partial charge >= 0.3 is 0 Å². The molecule has 2 aromatic heterocycles. The summed E-state index contributed by atoms with van der Waals surface area (Å²) in [6, 6.07) is 2.05. The molecule has 2 rings (SSSR count). The Kier molecular flexibility index (Phi) is 5.70. The van der Waals surface area contributed by atoms with Gasteiger partial charge in [-0.15, -0.1) is 11.3 Å². The number of fused-ring (bicyclic) bond motifs is 1. The lowest BCUT2D eigenvalue weighted by Crippen LogP contribution is -2.16. The molecule has 0 radical (unpaired) electrons. The molecule has 0 spiro atoms. The van der Waals surface area contributed by atoms with Gasteiger partial charge in [-0.2, -0.15) is 0 Å². The molecular weight excluding hydrogens is 274 g/mol. The number of hydrogen-bond acceptors (Lipinski definition) is 6. The topological polar surface area (TPSA) is 56.3 Å². The smallest absolute Gasteiger partial charge is 0.158 e. The third kappa shape index (κ3) is 3.88. The maximum Gasteiger partial charge on any atom is 0.158 e. The van der Waals surface area contributed by atoms with Crippen LogP contribution in [0.15, 0.2) is 11.4 Å². The summed E-state index contributed by atoms with van der Waals surface area (Å²) in [6.07, 6.45) is 1.10. The summed E-state index contributed by atoms with van der Waals surface area (Å²) < 4.78 is 10.7. The lowest BCUT2D eigenvalue weighted by Gasteiger charge is -2.12. The summed E-state index contributed by atoms with van der Waals surface area (Å²) in [7, 11) is 1.67. The number of nitrogens with one attached hydrogen (secondary N) is 1. The molecule has 20 heavy (non-hydrogen) atoms. The number of hydrogen-bond donors (Lipinski definition) is 1. The lowest BCUT2D eigenvalue weighted by atomic mass is 10.3. The van der Waals surface area contributed by atoms with Crippen LogP contribution < -0.4 is 5.32 Å². The Bertz CT molecular complexity index is 544. The molecule has 1 unspecified atom stereocenters. The monoisotopic (exact) mass is 295 g/mol. The van der Waals surface area contributed by atoms with E-state index in [1.807, 2.05) is 12.3 Å². The van der Waals surface area contributed by atoms with Crippen LogP contribution in [0.3, 0.4) is 0 Å². The maximum atomic E-state index is 5.68. The van der Waals surface area contributed by atoms with Crippen LogP contribution in [-0.2, 0) is 16.1 Å². The van der Waals surface area contributed by atoms with E-state index in [0.29, 0.717) is 19.0 Å². The Morgan fingerprint density at radius 1 is 1.40 bits per heavy atom. The van der Waals surface area contributed by atoms with Gasteiger partial charge in [-0.3, -0.25) is 0 Å². The summed E-state index contributed by atoms with van der Waals surface area (Å²) in [5.41, 5.74) is 0. The first-order valence-electron chi connectivity index (χ1n) is 6.83. The van der Waals surface area contributed by atoms with Gasteiger partial charge in [0.2, 0.25) is 0 Å². The largest absolute Gasteiger partial charge is 0.382 e. The molecule has 0 saturated carbocycles. The Morgan fingerprint density at radius 2 is 2.25 bits per heavy atom. The van der Waals surface area contributed by atoms with Crippen molar-refractivity contribution >= 4 is 27.4 Å². The number of aromatic nitrogens is 2. The summed E-state index contributed by atoms with van der Waals surface area (Å²) in [6.45, 7) is 5.99. The van der Waals surface area contributed by atoms with Crippen LogP contribution in [0, 0.1) is 0 Å². The third-order valence-corrected chi connectivity index (χ3v) is 3.62. The zero-order valence-corrected chi connectivity index (χ0v) is 13.0. The van der Waals surface area contributed by atoms with Gasteiger partial charge in [-0.25, -0.2) is 9.97 Å². The van der Waals surface area contributed by atoms with Crippen LogP contribution in [0.5, 0.6) is 0 Å². The maximum absolute atomic E-state index is 5.68. The molecule has 0 aliphatic rings. The van der Waals surface area contributed by atoms with Crippen LogP contribution in [0.4, 0.5) is 5.82 Å². The molecule has 6 heteroatoms. The number of nitrogens with zero attached hydrogens (tertiary/aromatic N) is 2. The second-order valence-electron chi connectivity index (χ2n) is 4.63. The van der Waals surface area contributed by atoms with Gasteiger partial charge in [-0.05, 0) is 24.8 Å². The number of thiophene rings is 1. The van der Waals surface area contributed by atoms with E-state index in [1.165, 1.54) is 0 Å². The minimum Gasteiger partial charge on any atom is -0.382 e. The quantitative estimate of drug-likeness (QED) is 0.811. The zero-order valence-electron chi connectivity index (χ0n) is 12.2. The summed E-state index contributed by atoms with van der Waals surface area (Å²) in [5.74, 6) is 1.61. The van der Waals surface area contributed by atoms with Gasteiger partial charge in [0.1, 0.15) is 17.3 Å². The van der Waals surface area contributed by atoms with Gasteiger partial charge in [0, 0.05) is 13.7 Å². The Morgan fingerprint density at radius 3 is 3.00 bits per heavy atom. The van der Waals surface area contributed by atoms with Gasteiger partial charge in [0.05, 0.1) is 18.1 Å². The minimum atomic E-state index is 0.0367. The third-order valence-electron chi connectivity index (χ3n) is 2.81. The molecule has 0 fully saturated rings. The molecule has 2 aromatic rings. The van der Waals surface area contributed by atoms with Crippen molar-refractivity contribution in [2.75, 3.05) is 25.6 Å². The van der Waals surface area contributed by atoms with Gasteiger partial charge in [0.15, 0.2) is 5.82 Å². The first-order valence-corrected chi connectivity index (χ1v) is 7.71. The van der Waals surface area contributed by atoms with Crippen molar-refractivity contribution in [2.45, 2.75) is 33.0 Å². The van der Waals surface area contributed by atoms with Crippen molar-refractivity contribution < 1.29 is 9.47 Å². The molecule has 110 valence electrons. The molecule has 0 bridgehead atoms. The van der Waals surface area contributed by atoms with Crippen LogP contribution in [0.2, 0.25) is 0 Å². The highest BCUT2D eigenvalue weighted by atomic mass is 32.1. The van der Waals surface area contributed by atoms with Crippen molar-refractivity contribution in [2.24, 2.45) is 0 Å². The zero-order chi connectivity index (χ0) is 14.4. The first kappa shape index (κ1) is 15.2. The van der Waals surface area contributed by atoms with Crippen molar-refractivity contribution in [3.05, 3.63) is 17.3 Å². The summed E-state index contributed by atoms with van der Waals surface area (Å²) in [5, 5.41) is 6.47. The predicted molar refractivity (Wildman–Crippen MR) is 82.3 cm³/mol. The van der Waals surface area contributed by atoms with Crippen molar-refractivity contribution in [1.82, 2.24) is 9.97 Å². The molecule has 1 atom stereocenters. The fraction of sp³-hybridized carbons (Fsp3) is 0.571. The Hall–Kier alpha value is -1.24. The van der Waals surface area contributed by atoms with E-state index in [2.05, 4.69) is 28.3 Å². The van der Waals surface area contributed by atoms with Crippen LogP contribution in [-0.4, -0.2) is 36.3 Å². The molecular formula is C14H21N3O2S. The van der Waals surface area contributed by atoms with E-state index in [0.717, 1.165) is 29.0 Å². The standard InChI is InChI=1S/C14H21N3O2S/c1-4-6-15-13-11-5-7-20-14(11)17-12(16-13)9-19-10(2)8-18-3/h5,7,10H,4,6,8-9H2,1-3H3,(H,15,16,17). The van der Waals surface area contributed by atoms with Crippen LogP contribution in [0.1, 0.15) is 26.1 Å². The number of rotatable bonds is 8. The van der Waals surface area contributed by atoms with Crippen molar-refractivity contribution in [3.63, 3.8) is 0 Å². The average molecular weight is 295 g/mol. The Balaban J connectivity index is 2.12. The van der Waals surface area contributed by atoms with Gasteiger partial charge in [-0.1, -0.05) is 6.92 Å². The average Bonchev–Trinajstić information content (AvgIpc) is 2.91. The molecule has 0 amide bonds. The number of methoxy groups -OCH3 is 1. The molecule has 0 aromatic carbocycles. The normalized spacial score (nSPS) is 12.8. The van der Waals surface area contributed by atoms with Gasteiger partial charge < -0.3 is 14.8 Å². The van der Waals surface area contributed by atoms with E-state index >= 15 is 0 Å². The van der Waals surface area contributed by atoms with E-state index in [1.54, 1.807) is 18.4 Å². The molecule has 0 saturated heterocycles. The fourth-order valence-corrected chi connectivity index (χ4v) is 2.62. The fourth-order valence-electron chi connectivity index (χ4n) is 1.84. The number of ether oxygens (including phenoxy) is 2. The van der Waals surface area contributed by atoms with E-state index in [9.17, 15) is 0 Å². The molecule has 0 aliphatic heterocycles. The van der Waals surface area contributed by atoms with E-state index in [4.69, 9.17) is 9.47 Å². The highest BCUT2D eigenvalue weighted by Crippen LogP contribution is 2.25.